The fraction of sp³-hybridized carbons (Fsp3) is 0.462. The van der Waals surface area contributed by atoms with E-state index in [-0.39, 0.29) is 16.5 Å². The molecule has 0 aliphatic carbocycles. The van der Waals surface area contributed by atoms with E-state index in [2.05, 4.69) is 9.62 Å². The smallest absolute Gasteiger partial charge is 0.335 e. The van der Waals surface area contributed by atoms with Gasteiger partial charge < -0.3 is 10.0 Å². The molecule has 1 aromatic rings. The number of carboxylic acids is 1. The number of piperidine rings is 1. The van der Waals surface area contributed by atoms with E-state index < -0.39 is 16.0 Å². The van der Waals surface area contributed by atoms with Crippen LogP contribution in [0.25, 0.3) is 0 Å². The Morgan fingerprint density at radius 2 is 2.00 bits per heavy atom. The third kappa shape index (κ3) is 3.56. The highest BCUT2D eigenvalue weighted by molar-refractivity contribution is 7.89. The van der Waals surface area contributed by atoms with Crippen molar-refractivity contribution in [3.63, 3.8) is 0 Å². The minimum Gasteiger partial charge on any atom is -0.478 e. The number of likely N-dealkylation sites (tertiary alicyclic amines) is 1. The standard InChI is InChI=1S/C13H18N2O4S/c1-15-8-2-3-11(9-15)14-20(18,19)12-6-4-10(5-7-12)13(16)17/h4-7,11,14H,2-3,8-9H2,1H3,(H,16,17). The van der Waals surface area contributed by atoms with E-state index in [1.807, 2.05) is 7.05 Å². The van der Waals surface area contributed by atoms with Gasteiger partial charge in [-0.2, -0.15) is 0 Å². The Morgan fingerprint density at radius 3 is 2.55 bits per heavy atom. The van der Waals surface area contributed by atoms with E-state index in [1.165, 1.54) is 24.3 Å². The lowest BCUT2D eigenvalue weighted by molar-refractivity contribution is 0.0696. The number of rotatable bonds is 4. The average molecular weight is 298 g/mol. The molecule has 1 atom stereocenters. The first-order valence-corrected chi connectivity index (χ1v) is 7.91. The summed E-state index contributed by atoms with van der Waals surface area (Å²) in [4.78, 5) is 12.9. The van der Waals surface area contributed by atoms with Crippen LogP contribution in [0.15, 0.2) is 29.2 Å². The highest BCUT2D eigenvalue weighted by Gasteiger charge is 2.23. The third-order valence-corrected chi connectivity index (χ3v) is 4.89. The maximum absolute atomic E-state index is 12.2. The number of likely N-dealkylation sites (N-methyl/N-ethyl adjacent to an activating group) is 1. The predicted molar refractivity (Wildman–Crippen MR) is 74.2 cm³/mol. The molecule has 1 fully saturated rings. The minimum atomic E-state index is -3.60. The summed E-state index contributed by atoms with van der Waals surface area (Å²) in [6.45, 7) is 1.66. The van der Waals surface area contributed by atoms with Crippen molar-refractivity contribution in [3.05, 3.63) is 29.8 Å². The quantitative estimate of drug-likeness (QED) is 0.857. The van der Waals surface area contributed by atoms with Crippen molar-refractivity contribution in [2.24, 2.45) is 0 Å². The summed E-state index contributed by atoms with van der Waals surface area (Å²) < 4.78 is 27.1. The molecule has 0 aromatic heterocycles. The van der Waals surface area contributed by atoms with E-state index in [9.17, 15) is 13.2 Å². The molecule has 6 nitrogen and oxygen atoms in total. The first-order valence-electron chi connectivity index (χ1n) is 6.43. The van der Waals surface area contributed by atoms with E-state index in [4.69, 9.17) is 5.11 Å². The van der Waals surface area contributed by atoms with Gasteiger partial charge in [0.25, 0.3) is 0 Å². The molecule has 1 saturated heterocycles. The topological polar surface area (TPSA) is 86.7 Å². The largest absolute Gasteiger partial charge is 0.478 e. The minimum absolute atomic E-state index is 0.0707. The summed E-state index contributed by atoms with van der Waals surface area (Å²) in [5.41, 5.74) is 0.0707. The molecule has 1 heterocycles. The van der Waals surface area contributed by atoms with Gasteiger partial charge in [-0.1, -0.05) is 0 Å². The molecule has 0 saturated carbocycles. The van der Waals surface area contributed by atoms with Crippen molar-refractivity contribution < 1.29 is 18.3 Å². The van der Waals surface area contributed by atoms with E-state index >= 15 is 0 Å². The number of carbonyl (C=O) groups is 1. The van der Waals surface area contributed by atoms with Gasteiger partial charge in [0.1, 0.15) is 0 Å². The van der Waals surface area contributed by atoms with Crippen molar-refractivity contribution in [2.45, 2.75) is 23.8 Å². The lowest BCUT2D eigenvalue weighted by Gasteiger charge is -2.29. The second kappa shape index (κ2) is 5.90. The van der Waals surface area contributed by atoms with E-state index in [1.54, 1.807) is 0 Å². The van der Waals surface area contributed by atoms with Crippen LogP contribution < -0.4 is 4.72 Å². The zero-order valence-electron chi connectivity index (χ0n) is 11.2. The number of benzene rings is 1. The van der Waals surface area contributed by atoms with E-state index in [0.717, 1.165) is 19.4 Å². The van der Waals surface area contributed by atoms with Crippen LogP contribution in [0.2, 0.25) is 0 Å². The molecular weight excluding hydrogens is 280 g/mol. The van der Waals surface area contributed by atoms with Gasteiger partial charge in [-0.3, -0.25) is 0 Å². The molecule has 1 aliphatic rings. The molecular formula is C13H18N2O4S. The Kier molecular flexibility index (Phi) is 4.42. The molecule has 2 N–H and O–H groups in total. The lowest BCUT2D eigenvalue weighted by atomic mass is 10.1. The lowest BCUT2D eigenvalue weighted by Crippen LogP contribution is -2.46. The van der Waals surface area contributed by atoms with Crippen LogP contribution in [0, 0.1) is 0 Å². The fourth-order valence-electron chi connectivity index (χ4n) is 2.33. The zero-order valence-corrected chi connectivity index (χ0v) is 12.1. The van der Waals surface area contributed by atoms with Gasteiger partial charge in [0.2, 0.25) is 10.0 Å². The maximum Gasteiger partial charge on any atom is 0.335 e. The molecule has 2 rings (SSSR count). The van der Waals surface area contributed by atoms with Crippen molar-refractivity contribution >= 4 is 16.0 Å². The Morgan fingerprint density at radius 1 is 1.35 bits per heavy atom. The normalized spacial score (nSPS) is 20.8. The van der Waals surface area contributed by atoms with Crippen LogP contribution in [0.1, 0.15) is 23.2 Å². The summed E-state index contributed by atoms with van der Waals surface area (Å²) in [5, 5.41) is 8.80. The highest BCUT2D eigenvalue weighted by Crippen LogP contribution is 2.14. The number of nitrogens with zero attached hydrogens (tertiary/aromatic N) is 1. The van der Waals surface area contributed by atoms with Gasteiger partial charge in [0.05, 0.1) is 10.5 Å². The Hall–Kier alpha value is -1.44. The molecule has 1 aromatic carbocycles. The van der Waals surface area contributed by atoms with Crippen LogP contribution in [-0.2, 0) is 10.0 Å². The molecule has 1 unspecified atom stereocenters. The van der Waals surface area contributed by atoms with Crippen LogP contribution in [0.5, 0.6) is 0 Å². The maximum atomic E-state index is 12.2. The fourth-order valence-corrected chi connectivity index (χ4v) is 3.59. The number of aromatic carboxylic acids is 1. The van der Waals surface area contributed by atoms with Crippen LogP contribution in [0.3, 0.4) is 0 Å². The van der Waals surface area contributed by atoms with Crippen molar-refractivity contribution in [3.8, 4) is 0 Å². The number of hydrogen-bond donors (Lipinski definition) is 2. The van der Waals surface area contributed by atoms with Crippen LogP contribution in [-0.4, -0.2) is 50.6 Å². The van der Waals surface area contributed by atoms with Crippen LogP contribution in [0.4, 0.5) is 0 Å². The molecule has 1 aliphatic heterocycles. The zero-order chi connectivity index (χ0) is 14.8. The average Bonchev–Trinajstić information content (AvgIpc) is 2.38. The predicted octanol–water partition coefficient (Wildman–Crippen LogP) is 0.757. The van der Waals surface area contributed by atoms with Gasteiger partial charge in [-0.25, -0.2) is 17.9 Å². The SMILES string of the molecule is CN1CCCC(NS(=O)(=O)c2ccc(C(=O)O)cc2)C1. The Bertz CT molecular complexity index is 583. The number of sulfonamides is 1. The van der Waals surface area contributed by atoms with Gasteiger partial charge in [-0.05, 0) is 50.7 Å². The van der Waals surface area contributed by atoms with Crippen molar-refractivity contribution in [2.75, 3.05) is 20.1 Å². The second-order valence-electron chi connectivity index (χ2n) is 5.05. The summed E-state index contributed by atoms with van der Waals surface area (Å²) >= 11 is 0. The summed E-state index contributed by atoms with van der Waals surface area (Å²) in [6, 6.07) is 5.13. The second-order valence-corrected chi connectivity index (χ2v) is 6.77. The molecule has 0 radical (unpaired) electrons. The highest BCUT2D eigenvalue weighted by atomic mass is 32.2. The monoisotopic (exact) mass is 298 g/mol. The van der Waals surface area contributed by atoms with Gasteiger partial charge in [0.15, 0.2) is 0 Å². The summed E-state index contributed by atoms with van der Waals surface area (Å²) in [5.74, 6) is -1.07. The van der Waals surface area contributed by atoms with Crippen LogP contribution >= 0.6 is 0 Å². The molecule has 110 valence electrons. The summed E-state index contributed by atoms with van der Waals surface area (Å²) in [6.07, 6.45) is 1.78. The molecule has 0 bridgehead atoms. The Balaban J connectivity index is 2.11. The molecule has 0 amide bonds. The number of hydrogen-bond acceptors (Lipinski definition) is 4. The molecule has 0 spiro atoms. The first-order chi connectivity index (χ1) is 9.38. The third-order valence-electron chi connectivity index (χ3n) is 3.36. The van der Waals surface area contributed by atoms with Crippen molar-refractivity contribution in [1.82, 2.24) is 9.62 Å². The van der Waals surface area contributed by atoms with Gasteiger partial charge >= 0.3 is 5.97 Å². The molecule has 20 heavy (non-hydrogen) atoms. The summed E-state index contributed by atoms with van der Waals surface area (Å²) in [7, 11) is -1.63. The van der Waals surface area contributed by atoms with Gasteiger partial charge in [0, 0.05) is 12.6 Å². The molecule has 7 heteroatoms. The van der Waals surface area contributed by atoms with E-state index in [0.29, 0.717) is 6.54 Å². The number of nitrogens with one attached hydrogen (secondary N) is 1. The Labute approximate surface area is 118 Å². The number of carboxylic acid groups (broad SMARTS) is 1. The first kappa shape index (κ1) is 15.0. The van der Waals surface area contributed by atoms with Gasteiger partial charge in [-0.15, -0.1) is 0 Å². The van der Waals surface area contributed by atoms with Crippen molar-refractivity contribution in [1.29, 1.82) is 0 Å².